The van der Waals surface area contributed by atoms with E-state index in [0.717, 1.165) is 5.56 Å². The molecule has 2 N–H and O–H groups in total. The number of nitro groups is 1. The number of nitrogens with two attached hydrogens (primary N) is 1. The number of nitrogens with zero attached hydrogens (tertiary/aromatic N) is 4. The van der Waals surface area contributed by atoms with E-state index in [0.29, 0.717) is 43.4 Å². The first-order chi connectivity index (χ1) is 15.3. The topological polar surface area (TPSA) is 113 Å². The van der Waals surface area contributed by atoms with Gasteiger partial charge in [-0.1, -0.05) is 41.9 Å². The predicted octanol–water partition coefficient (Wildman–Crippen LogP) is 2.27. The molecule has 32 heavy (non-hydrogen) atoms. The van der Waals surface area contributed by atoms with E-state index in [4.69, 9.17) is 17.3 Å². The lowest BCUT2D eigenvalue weighted by molar-refractivity contribution is -0.384. The van der Waals surface area contributed by atoms with E-state index in [9.17, 15) is 19.7 Å². The van der Waals surface area contributed by atoms with Gasteiger partial charge in [-0.3, -0.25) is 24.6 Å². The van der Waals surface area contributed by atoms with Crippen molar-refractivity contribution >= 4 is 34.8 Å². The molecule has 0 spiro atoms. The summed E-state index contributed by atoms with van der Waals surface area (Å²) in [6.07, 6.45) is 0.104. The highest BCUT2D eigenvalue weighted by Gasteiger charge is 2.26. The van der Waals surface area contributed by atoms with Gasteiger partial charge in [-0.15, -0.1) is 0 Å². The van der Waals surface area contributed by atoms with Gasteiger partial charge in [0.05, 0.1) is 11.5 Å². The predicted molar refractivity (Wildman–Crippen MR) is 122 cm³/mol. The molecule has 0 bridgehead atoms. The third-order valence-corrected chi connectivity index (χ3v) is 5.64. The molecule has 1 heterocycles. The zero-order valence-electron chi connectivity index (χ0n) is 17.7. The molecular weight excluding hydrogens is 434 g/mol. The molecule has 2 amide bonds. The Morgan fingerprint density at radius 3 is 2.41 bits per heavy atom. The normalized spacial score (nSPS) is 14.2. The quantitative estimate of drug-likeness (QED) is 0.454. The SMILES string of the molecule is NC(=O)CCN(Cc1ccccc1)C(=O)CN1CCN(c2ccc(Cl)cc2[N+](=O)[O-])CC1. The minimum atomic E-state index is -0.450. The van der Waals surface area contributed by atoms with Gasteiger partial charge in [-0.2, -0.15) is 0 Å². The van der Waals surface area contributed by atoms with E-state index in [1.165, 1.54) is 6.07 Å². The van der Waals surface area contributed by atoms with Gasteiger partial charge in [-0.05, 0) is 17.7 Å². The molecule has 10 heteroatoms. The Bertz CT molecular complexity index is 964. The molecule has 0 aliphatic carbocycles. The fourth-order valence-corrected chi connectivity index (χ4v) is 3.86. The number of hydrogen-bond acceptors (Lipinski definition) is 6. The summed E-state index contributed by atoms with van der Waals surface area (Å²) in [4.78, 5) is 40.8. The smallest absolute Gasteiger partial charge is 0.294 e. The number of amides is 2. The summed E-state index contributed by atoms with van der Waals surface area (Å²) >= 11 is 5.91. The standard InChI is InChI=1S/C22H26ClN5O4/c23-18-6-7-19(20(14-18)28(31)32)26-12-10-25(11-13-26)16-22(30)27(9-8-21(24)29)15-17-4-2-1-3-5-17/h1-7,14H,8-13,15-16H2,(H2,24,29). The Labute approximate surface area is 191 Å². The summed E-state index contributed by atoms with van der Waals surface area (Å²) in [6, 6.07) is 14.2. The summed E-state index contributed by atoms with van der Waals surface area (Å²) in [7, 11) is 0. The molecule has 1 saturated heterocycles. The largest absolute Gasteiger partial charge is 0.370 e. The molecule has 3 rings (SSSR count). The van der Waals surface area contributed by atoms with Crippen LogP contribution in [0.25, 0.3) is 0 Å². The van der Waals surface area contributed by atoms with Crippen LogP contribution in [0.15, 0.2) is 48.5 Å². The summed E-state index contributed by atoms with van der Waals surface area (Å²) in [6.45, 7) is 3.15. The molecule has 9 nitrogen and oxygen atoms in total. The van der Waals surface area contributed by atoms with Crippen LogP contribution in [0, 0.1) is 10.1 Å². The molecule has 0 atom stereocenters. The number of hydrogen-bond donors (Lipinski definition) is 1. The van der Waals surface area contributed by atoms with Gasteiger partial charge >= 0.3 is 0 Å². The lowest BCUT2D eigenvalue weighted by atomic mass is 10.2. The van der Waals surface area contributed by atoms with Crippen LogP contribution in [-0.2, 0) is 16.1 Å². The average Bonchev–Trinajstić information content (AvgIpc) is 2.77. The molecule has 2 aromatic rings. The lowest BCUT2D eigenvalue weighted by Crippen LogP contribution is -2.50. The Morgan fingerprint density at radius 1 is 1.09 bits per heavy atom. The maximum Gasteiger partial charge on any atom is 0.294 e. The van der Waals surface area contributed by atoms with Crippen molar-refractivity contribution in [3.63, 3.8) is 0 Å². The Hall–Kier alpha value is -3.17. The molecule has 1 aliphatic rings. The van der Waals surface area contributed by atoms with E-state index >= 15 is 0 Å². The summed E-state index contributed by atoms with van der Waals surface area (Å²) in [5, 5.41) is 11.7. The second-order valence-electron chi connectivity index (χ2n) is 7.67. The van der Waals surface area contributed by atoms with Crippen molar-refractivity contribution in [2.24, 2.45) is 5.73 Å². The van der Waals surface area contributed by atoms with E-state index < -0.39 is 10.8 Å². The van der Waals surface area contributed by atoms with Crippen LogP contribution in [0.2, 0.25) is 5.02 Å². The third-order valence-electron chi connectivity index (χ3n) is 5.40. The number of nitro benzene ring substituents is 1. The van der Waals surface area contributed by atoms with Gasteiger partial charge in [0.25, 0.3) is 5.69 Å². The molecule has 1 fully saturated rings. The van der Waals surface area contributed by atoms with E-state index in [2.05, 4.69) is 0 Å². The number of rotatable bonds is 9. The number of carbonyl (C=O) groups excluding carboxylic acids is 2. The van der Waals surface area contributed by atoms with Crippen molar-refractivity contribution in [2.45, 2.75) is 13.0 Å². The van der Waals surface area contributed by atoms with Crippen LogP contribution in [0.5, 0.6) is 0 Å². The van der Waals surface area contributed by atoms with Gasteiger partial charge in [0, 0.05) is 56.8 Å². The number of halogens is 1. The first kappa shape index (κ1) is 23.5. The van der Waals surface area contributed by atoms with Crippen LogP contribution < -0.4 is 10.6 Å². The van der Waals surface area contributed by atoms with E-state index in [-0.39, 0.29) is 31.1 Å². The van der Waals surface area contributed by atoms with Crippen molar-refractivity contribution in [3.8, 4) is 0 Å². The van der Waals surface area contributed by atoms with Gasteiger partial charge in [0.1, 0.15) is 5.69 Å². The number of carbonyl (C=O) groups is 2. The third kappa shape index (κ3) is 6.41. The second-order valence-corrected chi connectivity index (χ2v) is 8.11. The van der Waals surface area contributed by atoms with Crippen molar-refractivity contribution in [1.29, 1.82) is 0 Å². The van der Waals surface area contributed by atoms with E-state index in [1.54, 1.807) is 17.0 Å². The number of primary amides is 1. The summed E-state index contributed by atoms with van der Waals surface area (Å²) in [5.41, 5.74) is 6.76. The number of piperazine rings is 1. The zero-order valence-corrected chi connectivity index (χ0v) is 18.4. The monoisotopic (exact) mass is 459 g/mol. The highest BCUT2D eigenvalue weighted by atomic mass is 35.5. The van der Waals surface area contributed by atoms with Gasteiger partial charge in [0.2, 0.25) is 11.8 Å². The van der Waals surface area contributed by atoms with Crippen molar-refractivity contribution in [2.75, 3.05) is 44.2 Å². The average molecular weight is 460 g/mol. The van der Waals surface area contributed by atoms with Gasteiger partial charge in [-0.25, -0.2) is 0 Å². The Balaban J connectivity index is 1.60. The minimum absolute atomic E-state index is 0.0254. The Morgan fingerprint density at radius 2 is 1.78 bits per heavy atom. The van der Waals surface area contributed by atoms with Gasteiger partial charge < -0.3 is 15.5 Å². The molecule has 170 valence electrons. The van der Waals surface area contributed by atoms with Crippen molar-refractivity contribution in [3.05, 3.63) is 69.2 Å². The van der Waals surface area contributed by atoms with Crippen molar-refractivity contribution < 1.29 is 14.5 Å². The highest BCUT2D eigenvalue weighted by molar-refractivity contribution is 6.30. The fraction of sp³-hybridized carbons (Fsp3) is 0.364. The lowest BCUT2D eigenvalue weighted by Gasteiger charge is -2.36. The fourth-order valence-electron chi connectivity index (χ4n) is 3.69. The molecular formula is C22H26ClN5O4. The second kappa shape index (κ2) is 10.9. The summed E-state index contributed by atoms with van der Waals surface area (Å²) < 4.78 is 0. The van der Waals surface area contributed by atoms with Crippen molar-refractivity contribution in [1.82, 2.24) is 9.80 Å². The number of anilines is 1. The van der Waals surface area contributed by atoms with Crippen LogP contribution in [0.4, 0.5) is 11.4 Å². The molecule has 2 aromatic carbocycles. The molecule has 0 unspecified atom stereocenters. The first-order valence-corrected chi connectivity index (χ1v) is 10.7. The molecule has 1 aliphatic heterocycles. The highest BCUT2D eigenvalue weighted by Crippen LogP contribution is 2.31. The van der Waals surface area contributed by atoms with Crippen LogP contribution in [0.3, 0.4) is 0 Å². The molecule has 0 aromatic heterocycles. The van der Waals surface area contributed by atoms with E-state index in [1.807, 2.05) is 40.1 Å². The molecule has 0 saturated carbocycles. The van der Waals surface area contributed by atoms with Crippen LogP contribution >= 0.6 is 11.6 Å². The first-order valence-electron chi connectivity index (χ1n) is 10.3. The molecule has 0 radical (unpaired) electrons. The maximum atomic E-state index is 13.0. The maximum absolute atomic E-state index is 13.0. The minimum Gasteiger partial charge on any atom is -0.370 e. The summed E-state index contributed by atoms with van der Waals surface area (Å²) in [5.74, 6) is -0.532. The van der Waals surface area contributed by atoms with Crippen LogP contribution in [0.1, 0.15) is 12.0 Å². The van der Waals surface area contributed by atoms with Crippen LogP contribution in [-0.4, -0.2) is 65.8 Å². The Kier molecular flexibility index (Phi) is 8.02. The number of benzene rings is 2. The van der Waals surface area contributed by atoms with Gasteiger partial charge in [0.15, 0.2) is 0 Å². The zero-order chi connectivity index (χ0) is 23.1.